The molecule has 0 atom stereocenters. The molecule has 2 aliphatic rings. The molecule has 2 aromatic carbocycles. The summed E-state index contributed by atoms with van der Waals surface area (Å²) in [5.74, 6) is -0.962. The molecule has 0 unspecified atom stereocenters. The second-order valence-electron chi connectivity index (χ2n) is 9.12. The van der Waals surface area contributed by atoms with Crippen LogP contribution in [0.25, 0.3) is 0 Å². The fourth-order valence-corrected chi connectivity index (χ4v) is 6.40. The average molecular weight is 470 g/mol. The molecule has 0 radical (unpaired) electrons. The molecule has 4 rings (SSSR count). The van der Waals surface area contributed by atoms with E-state index in [0.29, 0.717) is 50.5 Å². The third-order valence-electron chi connectivity index (χ3n) is 6.65. The Labute approximate surface area is 196 Å². The van der Waals surface area contributed by atoms with Crippen molar-refractivity contribution in [3.63, 3.8) is 0 Å². The van der Waals surface area contributed by atoms with Gasteiger partial charge in [0.05, 0.1) is 4.90 Å². The normalized spacial score (nSPS) is 18.8. The first-order valence-electron chi connectivity index (χ1n) is 11.4. The Morgan fingerprint density at radius 3 is 2.09 bits per heavy atom. The van der Waals surface area contributed by atoms with E-state index in [4.69, 9.17) is 0 Å². The van der Waals surface area contributed by atoms with Gasteiger partial charge in [-0.25, -0.2) is 8.42 Å². The summed E-state index contributed by atoms with van der Waals surface area (Å²) in [5.41, 5.74) is 3.91. The molecule has 2 aromatic rings. The molecule has 0 saturated carbocycles. The molecule has 0 N–H and O–H groups in total. The van der Waals surface area contributed by atoms with E-state index in [1.807, 2.05) is 57.2 Å². The van der Waals surface area contributed by atoms with E-state index >= 15 is 0 Å². The Kier molecular flexibility index (Phi) is 6.59. The number of carbonyl (C=O) groups is 2. The highest BCUT2D eigenvalue weighted by Crippen LogP contribution is 2.27. The van der Waals surface area contributed by atoms with E-state index in [2.05, 4.69) is 0 Å². The number of rotatable bonds is 5. The first kappa shape index (κ1) is 23.4. The smallest absolute Gasteiger partial charge is 0.312 e. The maximum atomic E-state index is 13.1. The quantitative estimate of drug-likeness (QED) is 0.631. The molecule has 7 nitrogen and oxygen atoms in total. The molecular weight excluding hydrogens is 438 g/mol. The van der Waals surface area contributed by atoms with Crippen molar-refractivity contribution in [2.45, 2.75) is 51.1 Å². The lowest BCUT2D eigenvalue weighted by Crippen LogP contribution is -2.58. The lowest BCUT2D eigenvalue weighted by Gasteiger charge is -2.41. The van der Waals surface area contributed by atoms with Crippen molar-refractivity contribution in [2.75, 3.05) is 26.2 Å². The highest BCUT2D eigenvalue weighted by atomic mass is 32.2. The van der Waals surface area contributed by atoms with E-state index in [1.54, 1.807) is 15.9 Å². The minimum atomic E-state index is -3.58. The molecule has 2 aliphatic heterocycles. The Morgan fingerprint density at radius 2 is 1.45 bits per heavy atom. The van der Waals surface area contributed by atoms with Gasteiger partial charge in [-0.1, -0.05) is 47.5 Å². The molecule has 8 heteroatoms. The van der Waals surface area contributed by atoms with Crippen LogP contribution in [0.2, 0.25) is 0 Å². The molecular formula is C25H31N3O4S. The average Bonchev–Trinajstić information content (AvgIpc) is 2.78. The van der Waals surface area contributed by atoms with Crippen molar-refractivity contribution in [3.05, 3.63) is 64.7 Å². The second kappa shape index (κ2) is 9.27. The van der Waals surface area contributed by atoms with Crippen molar-refractivity contribution in [3.8, 4) is 0 Å². The van der Waals surface area contributed by atoms with Crippen molar-refractivity contribution < 1.29 is 18.0 Å². The highest BCUT2D eigenvalue weighted by molar-refractivity contribution is 7.89. The number of aryl methyl sites for hydroxylation is 3. The number of benzene rings is 2. The van der Waals surface area contributed by atoms with Crippen LogP contribution in [-0.2, 0) is 26.2 Å². The van der Waals surface area contributed by atoms with Crippen molar-refractivity contribution in [1.29, 1.82) is 0 Å². The molecule has 0 aromatic heterocycles. The first-order chi connectivity index (χ1) is 15.7. The minimum Gasteiger partial charge on any atom is -0.330 e. The predicted octanol–water partition coefficient (Wildman–Crippen LogP) is 2.64. The topological polar surface area (TPSA) is 78.0 Å². The number of amides is 2. The molecule has 2 fully saturated rings. The van der Waals surface area contributed by atoms with Gasteiger partial charge >= 0.3 is 11.8 Å². The standard InChI is InChI=1S/C25H31N3O4S/c1-18-4-7-21(8-5-18)17-26-14-15-28(25(30)24(26)29)22-10-12-27(13-11-22)33(31,32)23-9-6-19(2)16-20(23)3/h4-9,16,22H,10-15,17H2,1-3H3. The van der Waals surface area contributed by atoms with Crippen LogP contribution in [0, 0.1) is 20.8 Å². The van der Waals surface area contributed by atoms with Crippen LogP contribution >= 0.6 is 0 Å². The molecule has 0 bridgehead atoms. The van der Waals surface area contributed by atoms with Crippen LogP contribution in [0.4, 0.5) is 0 Å². The SMILES string of the molecule is Cc1ccc(CN2CCN(C3CCN(S(=O)(=O)c4ccc(C)cc4C)CC3)C(=O)C2=O)cc1. The monoisotopic (exact) mass is 469 g/mol. The van der Waals surface area contributed by atoms with Gasteiger partial charge in [-0.2, -0.15) is 4.31 Å². The molecule has 2 amide bonds. The maximum absolute atomic E-state index is 13.1. The summed E-state index contributed by atoms with van der Waals surface area (Å²) in [6.45, 7) is 7.82. The first-order valence-corrected chi connectivity index (χ1v) is 12.8. The number of hydrogen-bond donors (Lipinski definition) is 0. The number of nitrogens with zero attached hydrogens (tertiary/aromatic N) is 3. The Hall–Kier alpha value is -2.71. The fraction of sp³-hybridized carbons (Fsp3) is 0.440. The number of piperazine rings is 1. The zero-order valence-electron chi connectivity index (χ0n) is 19.5. The van der Waals surface area contributed by atoms with Crippen molar-refractivity contribution in [1.82, 2.24) is 14.1 Å². The largest absolute Gasteiger partial charge is 0.330 e. The van der Waals surface area contributed by atoms with Crippen molar-refractivity contribution in [2.24, 2.45) is 0 Å². The summed E-state index contributed by atoms with van der Waals surface area (Å²) in [7, 11) is -3.58. The van der Waals surface area contributed by atoms with Gasteiger partial charge in [0.1, 0.15) is 0 Å². The Balaban J connectivity index is 1.37. The molecule has 176 valence electrons. The van der Waals surface area contributed by atoms with E-state index in [9.17, 15) is 18.0 Å². The van der Waals surface area contributed by atoms with Gasteiger partial charge in [-0.15, -0.1) is 0 Å². The summed E-state index contributed by atoms with van der Waals surface area (Å²) in [6.07, 6.45) is 1.06. The van der Waals surface area contributed by atoms with Gasteiger partial charge in [0.15, 0.2) is 0 Å². The van der Waals surface area contributed by atoms with Crippen LogP contribution in [-0.4, -0.2) is 66.6 Å². The Morgan fingerprint density at radius 1 is 0.818 bits per heavy atom. The molecule has 0 spiro atoms. The predicted molar refractivity (Wildman–Crippen MR) is 126 cm³/mol. The van der Waals surface area contributed by atoms with Crippen LogP contribution in [0.3, 0.4) is 0 Å². The van der Waals surface area contributed by atoms with Gasteiger partial charge in [-0.3, -0.25) is 9.59 Å². The van der Waals surface area contributed by atoms with E-state index in [-0.39, 0.29) is 6.04 Å². The second-order valence-corrected chi connectivity index (χ2v) is 11.0. The molecule has 0 aliphatic carbocycles. The van der Waals surface area contributed by atoms with Crippen LogP contribution in [0.1, 0.15) is 35.1 Å². The van der Waals surface area contributed by atoms with Crippen LogP contribution in [0.15, 0.2) is 47.4 Å². The van der Waals surface area contributed by atoms with E-state index in [0.717, 1.165) is 22.3 Å². The highest BCUT2D eigenvalue weighted by Gasteiger charge is 2.39. The van der Waals surface area contributed by atoms with Gasteiger partial charge in [-0.05, 0) is 50.8 Å². The van der Waals surface area contributed by atoms with Gasteiger partial charge in [0, 0.05) is 38.8 Å². The summed E-state index contributed by atoms with van der Waals surface area (Å²) < 4.78 is 27.8. The zero-order valence-corrected chi connectivity index (χ0v) is 20.3. The molecule has 2 saturated heterocycles. The van der Waals surface area contributed by atoms with Crippen LogP contribution in [0.5, 0.6) is 0 Å². The summed E-state index contributed by atoms with van der Waals surface area (Å²) in [5, 5.41) is 0. The van der Waals surface area contributed by atoms with E-state index < -0.39 is 21.8 Å². The summed E-state index contributed by atoms with van der Waals surface area (Å²) >= 11 is 0. The van der Waals surface area contributed by atoms with Gasteiger partial charge in [0.2, 0.25) is 10.0 Å². The van der Waals surface area contributed by atoms with Crippen LogP contribution < -0.4 is 0 Å². The molecule has 2 heterocycles. The third kappa shape index (κ3) is 4.82. The summed E-state index contributed by atoms with van der Waals surface area (Å²) in [4.78, 5) is 29.2. The number of sulfonamides is 1. The van der Waals surface area contributed by atoms with E-state index in [1.165, 1.54) is 4.31 Å². The fourth-order valence-electron chi connectivity index (χ4n) is 4.72. The Bertz CT molecular complexity index is 1150. The maximum Gasteiger partial charge on any atom is 0.312 e. The summed E-state index contributed by atoms with van der Waals surface area (Å²) in [6, 6.07) is 13.2. The van der Waals surface area contributed by atoms with Crippen molar-refractivity contribution >= 4 is 21.8 Å². The minimum absolute atomic E-state index is 0.117. The number of piperidine rings is 1. The van der Waals surface area contributed by atoms with Gasteiger partial charge in [0.25, 0.3) is 0 Å². The lowest BCUT2D eigenvalue weighted by atomic mass is 10.0. The number of hydrogen-bond acceptors (Lipinski definition) is 4. The molecule has 33 heavy (non-hydrogen) atoms. The van der Waals surface area contributed by atoms with Gasteiger partial charge < -0.3 is 9.80 Å². The zero-order chi connectivity index (χ0) is 23.8. The third-order valence-corrected chi connectivity index (χ3v) is 8.71. The lowest BCUT2D eigenvalue weighted by molar-refractivity contribution is -0.158. The number of carbonyl (C=O) groups excluding carboxylic acids is 2.